The number of hydrogen-bond acceptors (Lipinski definition) is 3. The van der Waals surface area contributed by atoms with Crippen LogP contribution in [0.4, 0.5) is 4.79 Å². The average molecular weight is 373 g/mol. The van der Waals surface area contributed by atoms with Crippen molar-refractivity contribution in [2.75, 3.05) is 19.7 Å². The molecule has 3 amide bonds. The van der Waals surface area contributed by atoms with E-state index in [0.717, 1.165) is 37.9 Å². The van der Waals surface area contributed by atoms with Crippen LogP contribution in [-0.2, 0) is 9.53 Å². The second kappa shape index (κ2) is 10.3. The summed E-state index contributed by atoms with van der Waals surface area (Å²) in [5.41, 5.74) is 1.15. The Hall–Kier alpha value is -2.08. The molecular weight excluding hydrogens is 342 g/mol. The van der Waals surface area contributed by atoms with Crippen LogP contribution in [0, 0.1) is 5.92 Å². The molecule has 1 aliphatic heterocycles. The standard InChI is InChI=1S/C21H31N3O3/c25-19(24-18-11-5-2-6-12-18)15-23-21(26)22-14-17-10-7-13-27-20(17)16-8-3-1-4-9-16/h1,3-4,8-9,17-18,20H,2,5-7,10-15H2,(H,24,25)(H2,22,23,26). The molecule has 6 nitrogen and oxygen atoms in total. The molecule has 6 heteroatoms. The van der Waals surface area contributed by atoms with Crippen LogP contribution in [-0.4, -0.2) is 37.7 Å². The predicted molar refractivity (Wildman–Crippen MR) is 104 cm³/mol. The monoisotopic (exact) mass is 373 g/mol. The van der Waals surface area contributed by atoms with Gasteiger partial charge in [0.1, 0.15) is 0 Å². The van der Waals surface area contributed by atoms with Crippen LogP contribution in [0.2, 0.25) is 0 Å². The molecule has 2 atom stereocenters. The van der Waals surface area contributed by atoms with E-state index in [2.05, 4.69) is 28.1 Å². The summed E-state index contributed by atoms with van der Waals surface area (Å²) in [6.07, 6.45) is 7.71. The molecule has 0 bridgehead atoms. The maximum absolute atomic E-state index is 12.1. The lowest BCUT2D eigenvalue weighted by Crippen LogP contribution is -2.46. The van der Waals surface area contributed by atoms with Crippen LogP contribution in [0.25, 0.3) is 0 Å². The third-order valence-corrected chi connectivity index (χ3v) is 5.48. The lowest BCUT2D eigenvalue weighted by Gasteiger charge is -2.32. The van der Waals surface area contributed by atoms with E-state index < -0.39 is 0 Å². The Bertz CT molecular complexity index is 602. The fourth-order valence-electron chi connectivity index (χ4n) is 4.04. The van der Waals surface area contributed by atoms with E-state index in [1.165, 1.54) is 19.3 Å². The van der Waals surface area contributed by atoms with Crippen LogP contribution < -0.4 is 16.0 Å². The van der Waals surface area contributed by atoms with Crippen LogP contribution in [0.15, 0.2) is 30.3 Å². The van der Waals surface area contributed by atoms with E-state index in [9.17, 15) is 9.59 Å². The van der Waals surface area contributed by atoms with E-state index in [4.69, 9.17) is 4.74 Å². The molecule has 1 aliphatic carbocycles. The van der Waals surface area contributed by atoms with Crippen molar-refractivity contribution in [2.45, 2.75) is 57.1 Å². The van der Waals surface area contributed by atoms with E-state index in [1.54, 1.807) is 0 Å². The summed E-state index contributed by atoms with van der Waals surface area (Å²) in [7, 11) is 0. The van der Waals surface area contributed by atoms with Crippen molar-refractivity contribution >= 4 is 11.9 Å². The minimum absolute atomic E-state index is 0.00912. The Labute approximate surface area is 161 Å². The number of urea groups is 1. The number of hydrogen-bond donors (Lipinski definition) is 3. The van der Waals surface area contributed by atoms with Crippen molar-refractivity contribution in [3.63, 3.8) is 0 Å². The normalized spacial score (nSPS) is 23.4. The van der Waals surface area contributed by atoms with E-state index in [1.807, 2.05) is 18.2 Å². The smallest absolute Gasteiger partial charge is 0.315 e. The summed E-state index contributed by atoms with van der Waals surface area (Å²) in [4.78, 5) is 24.1. The molecule has 3 N–H and O–H groups in total. The number of benzene rings is 1. The molecule has 1 heterocycles. The van der Waals surface area contributed by atoms with Crippen molar-refractivity contribution in [3.05, 3.63) is 35.9 Å². The van der Waals surface area contributed by atoms with Gasteiger partial charge in [0.25, 0.3) is 0 Å². The highest BCUT2D eigenvalue weighted by Crippen LogP contribution is 2.32. The highest BCUT2D eigenvalue weighted by Gasteiger charge is 2.27. The van der Waals surface area contributed by atoms with Gasteiger partial charge in [-0.15, -0.1) is 0 Å². The summed E-state index contributed by atoms with van der Waals surface area (Å²) in [6, 6.07) is 10.1. The first-order valence-corrected chi connectivity index (χ1v) is 10.2. The van der Waals surface area contributed by atoms with Crippen molar-refractivity contribution in [3.8, 4) is 0 Å². The first-order chi connectivity index (χ1) is 13.2. The third-order valence-electron chi connectivity index (χ3n) is 5.48. The molecule has 3 rings (SSSR count). The minimum atomic E-state index is -0.300. The Morgan fingerprint density at radius 3 is 2.52 bits per heavy atom. The van der Waals surface area contributed by atoms with Gasteiger partial charge in [0, 0.05) is 25.1 Å². The summed E-state index contributed by atoms with van der Waals surface area (Å²) < 4.78 is 5.96. The average Bonchev–Trinajstić information content (AvgIpc) is 2.72. The number of carbonyl (C=O) groups excluding carboxylic acids is 2. The van der Waals surface area contributed by atoms with Gasteiger partial charge in [0.05, 0.1) is 12.6 Å². The van der Waals surface area contributed by atoms with Gasteiger partial charge in [-0.1, -0.05) is 49.6 Å². The fourth-order valence-corrected chi connectivity index (χ4v) is 4.04. The molecule has 0 aromatic heterocycles. The van der Waals surface area contributed by atoms with Crippen LogP contribution in [0.3, 0.4) is 0 Å². The lowest BCUT2D eigenvalue weighted by atomic mass is 9.89. The molecule has 27 heavy (non-hydrogen) atoms. The molecule has 2 fully saturated rings. The van der Waals surface area contributed by atoms with Crippen molar-refractivity contribution < 1.29 is 14.3 Å². The zero-order valence-electron chi connectivity index (χ0n) is 15.9. The number of ether oxygens (including phenoxy) is 1. The van der Waals surface area contributed by atoms with Crippen LogP contribution >= 0.6 is 0 Å². The Morgan fingerprint density at radius 1 is 0.963 bits per heavy atom. The summed E-state index contributed by atoms with van der Waals surface area (Å²) >= 11 is 0. The van der Waals surface area contributed by atoms with Crippen LogP contribution in [0.5, 0.6) is 0 Å². The molecule has 2 aliphatic rings. The topological polar surface area (TPSA) is 79.5 Å². The summed E-state index contributed by atoms with van der Waals surface area (Å²) in [5, 5.41) is 8.57. The largest absolute Gasteiger partial charge is 0.373 e. The Morgan fingerprint density at radius 2 is 1.74 bits per heavy atom. The van der Waals surface area contributed by atoms with Gasteiger partial charge in [-0.25, -0.2) is 4.79 Å². The maximum Gasteiger partial charge on any atom is 0.315 e. The van der Waals surface area contributed by atoms with E-state index in [-0.39, 0.29) is 36.5 Å². The van der Waals surface area contributed by atoms with Crippen LogP contribution in [0.1, 0.15) is 56.6 Å². The molecule has 0 radical (unpaired) electrons. The summed E-state index contributed by atoms with van der Waals surface area (Å²) in [5.74, 6) is 0.128. The Balaban J connectivity index is 1.39. The lowest BCUT2D eigenvalue weighted by molar-refractivity contribution is -0.121. The highest BCUT2D eigenvalue weighted by molar-refractivity contribution is 5.84. The van der Waals surface area contributed by atoms with Gasteiger partial charge in [-0.2, -0.15) is 0 Å². The maximum atomic E-state index is 12.1. The highest BCUT2D eigenvalue weighted by atomic mass is 16.5. The number of rotatable bonds is 6. The molecule has 1 aromatic rings. The van der Waals surface area contributed by atoms with E-state index in [0.29, 0.717) is 6.54 Å². The van der Waals surface area contributed by atoms with Gasteiger partial charge in [-0.3, -0.25) is 4.79 Å². The minimum Gasteiger partial charge on any atom is -0.373 e. The fraction of sp³-hybridized carbons (Fsp3) is 0.619. The van der Waals surface area contributed by atoms with Crippen molar-refractivity contribution in [2.24, 2.45) is 5.92 Å². The first-order valence-electron chi connectivity index (χ1n) is 10.2. The van der Waals surface area contributed by atoms with Crippen molar-refractivity contribution in [1.29, 1.82) is 0 Å². The van der Waals surface area contributed by atoms with Gasteiger partial charge < -0.3 is 20.7 Å². The SMILES string of the molecule is O=C(CNC(=O)NCC1CCCOC1c1ccccc1)NC1CCCCC1. The zero-order chi connectivity index (χ0) is 18.9. The molecule has 1 saturated carbocycles. The molecule has 0 spiro atoms. The zero-order valence-corrected chi connectivity index (χ0v) is 15.9. The van der Waals surface area contributed by atoms with Crippen molar-refractivity contribution in [1.82, 2.24) is 16.0 Å². The quantitative estimate of drug-likeness (QED) is 0.717. The molecular formula is C21H31N3O3. The van der Waals surface area contributed by atoms with Gasteiger partial charge >= 0.3 is 6.03 Å². The second-order valence-corrected chi connectivity index (χ2v) is 7.57. The van der Waals surface area contributed by atoms with Gasteiger partial charge in [-0.05, 0) is 31.2 Å². The predicted octanol–water partition coefficient (Wildman–Crippen LogP) is 2.90. The molecule has 1 aromatic carbocycles. The number of carbonyl (C=O) groups is 2. The first kappa shape index (κ1) is 19.7. The van der Waals surface area contributed by atoms with Gasteiger partial charge in [0.15, 0.2) is 0 Å². The molecule has 1 saturated heterocycles. The molecule has 2 unspecified atom stereocenters. The number of nitrogens with one attached hydrogen (secondary N) is 3. The third kappa shape index (κ3) is 6.24. The van der Waals surface area contributed by atoms with Gasteiger partial charge in [0.2, 0.25) is 5.91 Å². The Kier molecular flexibility index (Phi) is 7.51. The summed E-state index contributed by atoms with van der Waals surface area (Å²) in [6.45, 7) is 1.31. The van der Waals surface area contributed by atoms with E-state index >= 15 is 0 Å². The molecule has 148 valence electrons. The second-order valence-electron chi connectivity index (χ2n) is 7.57. The number of amides is 3.